The average Bonchev–Trinajstić information content (AvgIpc) is 3.04. The summed E-state index contributed by atoms with van der Waals surface area (Å²) in [6.45, 7) is 9.12. The van der Waals surface area contributed by atoms with Crippen LogP contribution in [0.4, 0.5) is 0 Å². The molecule has 2 rings (SSSR count). The molecule has 27 heavy (non-hydrogen) atoms. The highest BCUT2D eigenvalue weighted by Crippen LogP contribution is 2.44. The fraction of sp³-hybridized carbons (Fsp3) is 0.818. The second kappa shape index (κ2) is 10.8. The van der Waals surface area contributed by atoms with E-state index in [-0.39, 0.29) is 5.97 Å². The molecule has 2 saturated carbocycles. The number of carbonyl (C=O) groups excluding carboxylic acids is 1. The van der Waals surface area contributed by atoms with Crippen LogP contribution in [-0.2, 0) is 14.3 Å². The van der Waals surface area contributed by atoms with Gasteiger partial charge in [-0.3, -0.25) is 9.59 Å². The van der Waals surface area contributed by atoms with Crippen molar-refractivity contribution in [3.8, 4) is 0 Å². The molecule has 0 saturated heterocycles. The summed E-state index contributed by atoms with van der Waals surface area (Å²) in [5.74, 6) is -1.52. The van der Waals surface area contributed by atoms with E-state index in [4.69, 9.17) is 10.5 Å². The Kier molecular flexibility index (Phi) is 9.51. The van der Waals surface area contributed by atoms with E-state index in [1.807, 2.05) is 20.8 Å². The lowest BCUT2D eigenvalue weighted by Crippen LogP contribution is -2.35. The van der Waals surface area contributed by atoms with Crippen molar-refractivity contribution >= 4 is 11.9 Å². The van der Waals surface area contributed by atoms with Crippen LogP contribution < -0.4 is 5.73 Å². The van der Waals surface area contributed by atoms with E-state index in [2.05, 4.69) is 6.58 Å². The van der Waals surface area contributed by atoms with Crippen LogP contribution in [0.25, 0.3) is 0 Å². The van der Waals surface area contributed by atoms with Gasteiger partial charge in [0.1, 0.15) is 5.60 Å². The summed E-state index contributed by atoms with van der Waals surface area (Å²) in [7, 11) is 0. The summed E-state index contributed by atoms with van der Waals surface area (Å²) in [6, 6.07) is 0.536. The number of carboxylic acids is 1. The highest BCUT2D eigenvalue weighted by Gasteiger charge is 2.44. The van der Waals surface area contributed by atoms with Gasteiger partial charge in [0.25, 0.3) is 0 Å². The van der Waals surface area contributed by atoms with Crippen molar-refractivity contribution in [2.24, 2.45) is 17.1 Å². The largest absolute Gasteiger partial charge is 0.481 e. The standard InChI is InChI=1S/C16H26O4.C6H13N/c1-5-8-12(13(17)20-15(2,3)4)11-16(14(18)19)9-6-7-10-16;7-6-4-2-1-3-5-6/h5,12H,1,6-11H2,2-4H3,(H,18,19);6H,1-5,7H2. The highest BCUT2D eigenvalue weighted by molar-refractivity contribution is 5.78. The minimum absolute atomic E-state index is 0.315. The lowest BCUT2D eigenvalue weighted by Gasteiger charge is -2.29. The maximum absolute atomic E-state index is 12.2. The van der Waals surface area contributed by atoms with Crippen molar-refractivity contribution in [2.75, 3.05) is 0 Å². The molecule has 5 nitrogen and oxygen atoms in total. The lowest BCUT2D eigenvalue weighted by atomic mass is 9.76. The number of nitrogens with two attached hydrogens (primary N) is 1. The summed E-state index contributed by atoms with van der Waals surface area (Å²) in [5, 5.41) is 9.52. The number of hydrogen-bond donors (Lipinski definition) is 2. The van der Waals surface area contributed by atoms with Crippen LogP contribution in [0.3, 0.4) is 0 Å². The number of carbonyl (C=O) groups is 2. The first-order chi connectivity index (χ1) is 12.6. The van der Waals surface area contributed by atoms with Crippen molar-refractivity contribution in [1.29, 1.82) is 0 Å². The minimum atomic E-state index is -0.785. The van der Waals surface area contributed by atoms with E-state index in [0.29, 0.717) is 31.7 Å². The zero-order valence-electron chi connectivity index (χ0n) is 17.5. The maximum atomic E-state index is 12.2. The fourth-order valence-electron chi connectivity index (χ4n) is 4.01. The van der Waals surface area contributed by atoms with Gasteiger partial charge in [0, 0.05) is 6.04 Å². The van der Waals surface area contributed by atoms with Crippen LogP contribution in [0.1, 0.15) is 91.4 Å². The van der Waals surface area contributed by atoms with Gasteiger partial charge in [0.2, 0.25) is 0 Å². The van der Waals surface area contributed by atoms with Crippen LogP contribution in [0.15, 0.2) is 12.7 Å². The third-order valence-electron chi connectivity index (χ3n) is 5.49. The first kappa shape index (κ1) is 23.7. The maximum Gasteiger partial charge on any atom is 0.309 e. The first-order valence-electron chi connectivity index (χ1n) is 10.4. The molecule has 2 fully saturated rings. The topological polar surface area (TPSA) is 89.6 Å². The molecule has 1 atom stereocenters. The fourth-order valence-corrected chi connectivity index (χ4v) is 4.01. The number of aliphatic carboxylic acids is 1. The lowest BCUT2D eigenvalue weighted by molar-refractivity contribution is -0.163. The van der Waals surface area contributed by atoms with Gasteiger partial charge in [0.05, 0.1) is 11.3 Å². The smallest absolute Gasteiger partial charge is 0.309 e. The molecule has 156 valence electrons. The Morgan fingerprint density at radius 1 is 1.19 bits per heavy atom. The Morgan fingerprint density at radius 3 is 2.11 bits per heavy atom. The molecule has 3 N–H and O–H groups in total. The Morgan fingerprint density at radius 2 is 1.74 bits per heavy atom. The highest BCUT2D eigenvalue weighted by atomic mass is 16.6. The van der Waals surface area contributed by atoms with Crippen LogP contribution in [0, 0.1) is 11.3 Å². The normalized spacial score (nSPS) is 20.9. The van der Waals surface area contributed by atoms with Gasteiger partial charge >= 0.3 is 11.9 Å². The summed E-state index contributed by atoms with van der Waals surface area (Å²) >= 11 is 0. The average molecular weight is 382 g/mol. The minimum Gasteiger partial charge on any atom is -0.481 e. The Hall–Kier alpha value is -1.36. The van der Waals surface area contributed by atoms with Gasteiger partial charge in [-0.15, -0.1) is 6.58 Å². The van der Waals surface area contributed by atoms with Crippen molar-refractivity contribution in [2.45, 2.75) is 103 Å². The summed E-state index contributed by atoms with van der Waals surface area (Å²) in [5.41, 5.74) is 4.32. The Bertz CT molecular complexity index is 483. The summed E-state index contributed by atoms with van der Waals surface area (Å²) in [4.78, 5) is 23.8. The second-order valence-corrected chi connectivity index (χ2v) is 9.15. The third kappa shape index (κ3) is 8.46. The third-order valence-corrected chi connectivity index (χ3v) is 5.49. The predicted octanol–water partition coefficient (Wildman–Crippen LogP) is 4.83. The SMILES string of the molecule is C=CCC(CC1(C(=O)O)CCCC1)C(=O)OC(C)(C)C.NC1CCCCC1. The number of ether oxygens (including phenoxy) is 1. The molecule has 0 aromatic rings. The number of hydrogen-bond acceptors (Lipinski definition) is 4. The Labute approximate surface area is 164 Å². The number of esters is 1. The van der Waals surface area contributed by atoms with E-state index in [9.17, 15) is 14.7 Å². The van der Waals surface area contributed by atoms with E-state index >= 15 is 0 Å². The van der Waals surface area contributed by atoms with Crippen molar-refractivity contribution in [1.82, 2.24) is 0 Å². The molecular formula is C22H39NO4. The van der Waals surface area contributed by atoms with Gasteiger partial charge in [-0.25, -0.2) is 0 Å². The number of allylic oxidation sites excluding steroid dienone is 1. The molecule has 0 aromatic heterocycles. The quantitative estimate of drug-likeness (QED) is 0.508. The molecule has 0 spiro atoms. The van der Waals surface area contributed by atoms with Crippen molar-refractivity contribution in [3.63, 3.8) is 0 Å². The van der Waals surface area contributed by atoms with E-state index < -0.39 is 22.9 Å². The van der Waals surface area contributed by atoms with Crippen molar-refractivity contribution < 1.29 is 19.4 Å². The molecule has 0 radical (unpaired) electrons. The predicted molar refractivity (Wildman–Crippen MR) is 108 cm³/mol. The van der Waals surface area contributed by atoms with Crippen LogP contribution in [0.2, 0.25) is 0 Å². The number of rotatable bonds is 6. The molecular weight excluding hydrogens is 342 g/mol. The van der Waals surface area contributed by atoms with Gasteiger partial charge in [-0.1, -0.05) is 38.2 Å². The zero-order chi connectivity index (χ0) is 20.5. The first-order valence-corrected chi connectivity index (χ1v) is 10.4. The van der Waals surface area contributed by atoms with E-state index in [1.54, 1.807) is 6.08 Å². The monoisotopic (exact) mass is 381 g/mol. The molecule has 0 heterocycles. The van der Waals surface area contributed by atoms with Gasteiger partial charge in [-0.05, 0) is 59.3 Å². The number of carboxylic acid groups (broad SMARTS) is 1. The van der Waals surface area contributed by atoms with Crippen LogP contribution in [0.5, 0.6) is 0 Å². The molecule has 0 amide bonds. The molecule has 0 aliphatic heterocycles. The van der Waals surface area contributed by atoms with E-state index in [0.717, 1.165) is 12.8 Å². The van der Waals surface area contributed by atoms with Gasteiger partial charge < -0.3 is 15.6 Å². The van der Waals surface area contributed by atoms with Gasteiger partial charge in [0.15, 0.2) is 0 Å². The molecule has 0 bridgehead atoms. The van der Waals surface area contributed by atoms with Crippen LogP contribution >= 0.6 is 0 Å². The van der Waals surface area contributed by atoms with Crippen molar-refractivity contribution in [3.05, 3.63) is 12.7 Å². The summed E-state index contributed by atoms with van der Waals surface area (Å²) in [6.07, 6.45) is 12.3. The van der Waals surface area contributed by atoms with Crippen LogP contribution in [-0.4, -0.2) is 28.7 Å². The molecule has 1 unspecified atom stereocenters. The second-order valence-electron chi connectivity index (χ2n) is 9.15. The Balaban J connectivity index is 0.000000433. The van der Waals surface area contributed by atoms with E-state index in [1.165, 1.54) is 32.1 Å². The molecule has 5 heteroatoms. The van der Waals surface area contributed by atoms with Gasteiger partial charge in [-0.2, -0.15) is 0 Å². The summed E-state index contributed by atoms with van der Waals surface area (Å²) < 4.78 is 5.41. The zero-order valence-corrected chi connectivity index (χ0v) is 17.5. The molecule has 0 aromatic carbocycles. The molecule has 2 aliphatic carbocycles. The molecule has 2 aliphatic rings.